The van der Waals surface area contributed by atoms with Crippen LogP contribution in [-0.4, -0.2) is 14.8 Å². The number of aryl methyl sites for hydroxylation is 1. The molecule has 14 heavy (non-hydrogen) atoms. The van der Waals surface area contributed by atoms with E-state index in [1.54, 1.807) is 6.07 Å². The second-order valence-corrected chi connectivity index (χ2v) is 3.36. The van der Waals surface area contributed by atoms with Gasteiger partial charge in [-0.2, -0.15) is 0 Å². The average molecular weight is 195 g/mol. The summed E-state index contributed by atoms with van der Waals surface area (Å²) in [5, 5.41) is 19.0. The van der Waals surface area contributed by atoms with E-state index in [-0.39, 0.29) is 11.8 Å². The van der Waals surface area contributed by atoms with E-state index < -0.39 is 0 Å². The van der Waals surface area contributed by atoms with Crippen molar-refractivity contribution in [2.75, 3.05) is 0 Å². The molecule has 0 atom stereocenters. The molecule has 0 aliphatic rings. The predicted octanol–water partition coefficient (Wildman–Crippen LogP) is 2.73. The maximum atomic E-state index is 9.64. The van der Waals surface area contributed by atoms with Crippen LogP contribution in [-0.2, 0) is 6.42 Å². The van der Waals surface area contributed by atoms with Crippen LogP contribution in [0.2, 0.25) is 0 Å². The molecule has 0 bridgehead atoms. The summed E-state index contributed by atoms with van der Waals surface area (Å²) in [4.78, 5) is 0. The Morgan fingerprint density at radius 1 is 1.43 bits per heavy atom. The molecule has 0 aliphatic heterocycles. The van der Waals surface area contributed by atoms with Gasteiger partial charge in [-0.25, -0.2) is 0 Å². The highest BCUT2D eigenvalue weighted by Crippen LogP contribution is 2.28. The minimum absolute atomic E-state index is 0.0454. The summed E-state index contributed by atoms with van der Waals surface area (Å²) in [5.41, 5.74) is 0.788. The zero-order valence-electron chi connectivity index (χ0n) is 8.53. The van der Waals surface area contributed by atoms with E-state index in [4.69, 9.17) is 0 Å². The van der Waals surface area contributed by atoms with Gasteiger partial charge in [0.15, 0.2) is 5.88 Å². The van der Waals surface area contributed by atoms with Crippen molar-refractivity contribution in [2.45, 2.75) is 32.6 Å². The average Bonchev–Trinajstić information content (AvgIpc) is 2.42. The van der Waals surface area contributed by atoms with Gasteiger partial charge in [-0.15, -0.1) is 0 Å². The van der Waals surface area contributed by atoms with Crippen molar-refractivity contribution in [3.05, 3.63) is 18.2 Å². The molecule has 1 aromatic rings. The van der Waals surface area contributed by atoms with E-state index in [0.717, 1.165) is 31.2 Å². The molecule has 2 N–H and O–H groups in total. The molecule has 0 fully saturated rings. The Kier molecular flexibility index (Phi) is 3.63. The van der Waals surface area contributed by atoms with Crippen molar-refractivity contribution in [3.63, 3.8) is 0 Å². The lowest BCUT2D eigenvalue weighted by Gasteiger charge is -2.00. The minimum Gasteiger partial charge on any atom is -0.494 e. The van der Waals surface area contributed by atoms with Crippen molar-refractivity contribution in [3.8, 4) is 11.8 Å². The highest BCUT2D eigenvalue weighted by molar-refractivity contribution is 5.43. The molecule has 0 aliphatic carbocycles. The monoisotopic (exact) mass is 195 g/mol. The molecule has 0 saturated heterocycles. The largest absolute Gasteiger partial charge is 0.494 e. The summed E-state index contributed by atoms with van der Waals surface area (Å²) < 4.78 is 1.28. The predicted molar refractivity (Wildman–Crippen MR) is 57.4 cm³/mol. The Bertz CT molecular complexity index is 315. The van der Waals surface area contributed by atoms with Gasteiger partial charge < -0.3 is 10.2 Å². The lowest BCUT2D eigenvalue weighted by Crippen LogP contribution is -1.86. The summed E-state index contributed by atoms with van der Waals surface area (Å²) in [6.45, 7) is 5.64. The maximum Gasteiger partial charge on any atom is 0.201 e. The van der Waals surface area contributed by atoms with Gasteiger partial charge in [-0.05, 0) is 12.8 Å². The number of hydrogen-bond donors (Lipinski definition) is 2. The van der Waals surface area contributed by atoms with E-state index in [0.29, 0.717) is 0 Å². The van der Waals surface area contributed by atoms with Crippen LogP contribution >= 0.6 is 0 Å². The number of aromatic nitrogens is 1. The van der Waals surface area contributed by atoms with E-state index in [9.17, 15) is 10.2 Å². The van der Waals surface area contributed by atoms with Crippen molar-refractivity contribution in [1.29, 1.82) is 0 Å². The smallest absolute Gasteiger partial charge is 0.201 e. The molecule has 1 aromatic heterocycles. The van der Waals surface area contributed by atoms with Crippen LogP contribution in [0.4, 0.5) is 0 Å². The zero-order valence-corrected chi connectivity index (χ0v) is 8.53. The molecule has 3 nitrogen and oxygen atoms in total. The topological polar surface area (TPSA) is 45.4 Å². The fourth-order valence-corrected chi connectivity index (χ4v) is 1.48. The molecule has 1 rings (SSSR count). The molecular weight excluding hydrogens is 178 g/mol. The van der Waals surface area contributed by atoms with Gasteiger partial charge >= 0.3 is 0 Å². The highest BCUT2D eigenvalue weighted by atomic mass is 16.3. The molecule has 0 aromatic carbocycles. The van der Waals surface area contributed by atoms with E-state index >= 15 is 0 Å². The SMILES string of the molecule is C=Cn1c(O)cc(CCCCC)c1O. The first-order valence-corrected chi connectivity index (χ1v) is 4.95. The summed E-state index contributed by atoms with van der Waals surface area (Å²) in [6.07, 6.45) is 5.51. The van der Waals surface area contributed by atoms with Gasteiger partial charge in [-0.3, -0.25) is 4.57 Å². The molecule has 0 unspecified atom stereocenters. The molecule has 1 heterocycles. The van der Waals surface area contributed by atoms with Gasteiger partial charge in [0.05, 0.1) is 0 Å². The van der Waals surface area contributed by atoms with Crippen molar-refractivity contribution in [2.24, 2.45) is 0 Å². The first-order chi connectivity index (χ1) is 6.70. The van der Waals surface area contributed by atoms with Crippen LogP contribution in [0.1, 0.15) is 31.7 Å². The maximum absolute atomic E-state index is 9.64. The van der Waals surface area contributed by atoms with Crippen LogP contribution in [0.15, 0.2) is 12.6 Å². The number of rotatable bonds is 5. The van der Waals surface area contributed by atoms with Crippen molar-refractivity contribution in [1.82, 2.24) is 4.57 Å². The summed E-state index contributed by atoms with van der Waals surface area (Å²) in [6, 6.07) is 1.59. The fraction of sp³-hybridized carbons (Fsp3) is 0.455. The van der Waals surface area contributed by atoms with Crippen LogP contribution in [0.3, 0.4) is 0 Å². The number of hydrogen-bond acceptors (Lipinski definition) is 2. The van der Waals surface area contributed by atoms with Crippen LogP contribution in [0, 0.1) is 0 Å². The van der Waals surface area contributed by atoms with Gasteiger partial charge in [-0.1, -0.05) is 26.3 Å². The normalized spacial score (nSPS) is 10.4. The van der Waals surface area contributed by atoms with Gasteiger partial charge in [0.2, 0.25) is 5.88 Å². The second kappa shape index (κ2) is 4.74. The first kappa shape index (κ1) is 10.7. The number of unbranched alkanes of at least 4 members (excludes halogenated alkanes) is 2. The molecule has 0 amide bonds. The van der Waals surface area contributed by atoms with Crippen LogP contribution < -0.4 is 0 Å². The fourth-order valence-electron chi connectivity index (χ4n) is 1.48. The lowest BCUT2D eigenvalue weighted by molar-refractivity contribution is 0.405. The minimum atomic E-state index is 0.0454. The Hall–Kier alpha value is -1.38. The molecule has 3 heteroatoms. The summed E-state index contributed by atoms with van der Waals surface area (Å²) in [7, 11) is 0. The molecule has 0 saturated carbocycles. The molecular formula is C11H17NO2. The summed E-state index contributed by atoms with van der Waals surface area (Å²) >= 11 is 0. The summed E-state index contributed by atoms with van der Waals surface area (Å²) in [5.74, 6) is 0.151. The zero-order chi connectivity index (χ0) is 10.6. The molecule has 78 valence electrons. The quantitative estimate of drug-likeness (QED) is 0.709. The number of nitrogens with zero attached hydrogens (tertiary/aromatic N) is 1. The van der Waals surface area contributed by atoms with Crippen molar-refractivity contribution >= 4 is 6.20 Å². The number of aromatic hydroxyl groups is 2. The lowest BCUT2D eigenvalue weighted by atomic mass is 10.1. The third-order valence-corrected chi connectivity index (χ3v) is 2.30. The van der Waals surface area contributed by atoms with Crippen molar-refractivity contribution < 1.29 is 10.2 Å². The Morgan fingerprint density at radius 3 is 2.64 bits per heavy atom. The Morgan fingerprint density at radius 2 is 2.14 bits per heavy atom. The van der Waals surface area contributed by atoms with Gasteiger partial charge in [0.25, 0.3) is 0 Å². The third kappa shape index (κ3) is 2.10. The van der Waals surface area contributed by atoms with Gasteiger partial charge in [0.1, 0.15) is 0 Å². The van der Waals surface area contributed by atoms with Crippen LogP contribution in [0.25, 0.3) is 6.20 Å². The van der Waals surface area contributed by atoms with Crippen LogP contribution in [0.5, 0.6) is 11.8 Å². The highest BCUT2D eigenvalue weighted by Gasteiger charge is 2.10. The molecule has 0 radical (unpaired) electrons. The van der Waals surface area contributed by atoms with E-state index in [1.807, 2.05) is 0 Å². The second-order valence-electron chi connectivity index (χ2n) is 3.36. The van der Waals surface area contributed by atoms with E-state index in [1.165, 1.54) is 10.8 Å². The van der Waals surface area contributed by atoms with Gasteiger partial charge in [0, 0.05) is 17.8 Å². The first-order valence-electron chi connectivity index (χ1n) is 4.95. The standard InChI is InChI=1S/C11H17NO2/c1-3-5-6-7-9-8-10(13)12(4-2)11(9)14/h4,8,13-14H,2-3,5-7H2,1H3. The molecule has 0 spiro atoms. The third-order valence-electron chi connectivity index (χ3n) is 2.30. The van der Waals surface area contributed by atoms with E-state index in [2.05, 4.69) is 13.5 Å². The Labute approximate surface area is 84.3 Å². The Balaban J connectivity index is 2.73.